The summed E-state index contributed by atoms with van der Waals surface area (Å²) in [5.74, 6) is 1.42. The van der Waals surface area contributed by atoms with E-state index in [1.807, 2.05) is 42.5 Å². The lowest BCUT2D eigenvalue weighted by Crippen LogP contribution is -2.13. The second-order valence-corrected chi connectivity index (χ2v) is 6.71. The van der Waals surface area contributed by atoms with E-state index >= 15 is 0 Å². The van der Waals surface area contributed by atoms with Gasteiger partial charge in [-0.25, -0.2) is 0 Å². The van der Waals surface area contributed by atoms with Crippen LogP contribution in [-0.2, 0) is 17.6 Å². The Morgan fingerprint density at radius 1 is 0.966 bits per heavy atom. The minimum atomic E-state index is -0.00446. The van der Waals surface area contributed by atoms with Crippen molar-refractivity contribution in [3.05, 3.63) is 90.0 Å². The molecule has 6 nitrogen and oxygen atoms in total. The molecule has 0 aliphatic carbocycles. The summed E-state index contributed by atoms with van der Waals surface area (Å²) >= 11 is 0. The van der Waals surface area contributed by atoms with Gasteiger partial charge in [0.2, 0.25) is 17.6 Å². The van der Waals surface area contributed by atoms with Gasteiger partial charge >= 0.3 is 0 Å². The Morgan fingerprint density at radius 3 is 2.62 bits per heavy atom. The summed E-state index contributed by atoms with van der Waals surface area (Å²) in [6, 6.07) is 21.4. The molecule has 4 rings (SSSR count). The van der Waals surface area contributed by atoms with Crippen molar-refractivity contribution in [3.8, 4) is 11.6 Å². The van der Waals surface area contributed by atoms with Gasteiger partial charge in [-0.15, -0.1) is 0 Å². The van der Waals surface area contributed by atoms with Crippen LogP contribution in [0.4, 0.5) is 5.69 Å². The quantitative estimate of drug-likeness (QED) is 0.466. The molecule has 0 radical (unpaired) electrons. The average Bonchev–Trinajstić information content (AvgIpc) is 3.42. The number of hydrogen-bond donors (Lipinski definition) is 1. The van der Waals surface area contributed by atoms with Crippen LogP contribution in [0.3, 0.4) is 0 Å². The third-order valence-corrected chi connectivity index (χ3v) is 4.55. The molecule has 0 aliphatic heterocycles. The molecular formula is C23H21N3O3. The molecule has 2 heterocycles. The summed E-state index contributed by atoms with van der Waals surface area (Å²) in [6.45, 7) is 0. The van der Waals surface area contributed by atoms with Gasteiger partial charge in [-0.3, -0.25) is 4.79 Å². The van der Waals surface area contributed by atoms with Crippen molar-refractivity contribution in [2.75, 3.05) is 5.32 Å². The van der Waals surface area contributed by atoms with E-state index in [2.05, 4.69) is 27.6 Å². The average molecular weight is 387 g/mol. The van der Waals surface area contributed by atoms with E-state index in [0.717, 1.165) is 24.1 Å². The first kappa shape index (κ1) is 18.7. The number of amides is 1. The van der Waals surface area contributed by atoms with E-state index < -0.39 is 0 Å². The topological polar surface area (TPSA) is 81.2 Å². The van der Waals surface area contributed by atoms with Crippen molar-refractivity contribution in [1.82, 2.24) is 10.1 Å². The molecule has 0 spiro atoms. The third kappa shape index (κ3) is 4.99. The summed E-state index contributed by atoms with van der Waals surface area (Å²) in [4.78, 5) is 16.8. The predicted molar refractivity (Wildman–Crippen MR) is 109 cm³/mol. The number of hydrogen-bond acceptors (Lipinski definition) is 5. The van der Waals surface area contributed by atoms with Gasteiger partial charge in [0.1, 0.15) is 0 Å². The van der Waals surface area contributed by atoms with Crippen LogP contribution < -0.4 is 5.32 Å². The van der Waals surface area contributed by atoms with Gasteiger partial charge in [0.05, 0.1) is 12.7 Å². The summed E-state index contributed by atoms with van der Waals surface area (Å²) in [6.07, 6.45) is 4.14. The standard InChI is InChI=1S/C23H21N3O3/c27-21(14-6-10-17-8-2-1-3-9-17)24-19-12-5-4-11-18(19)16-22-25-23(26-29-22)20-13-7-15-28-20/h1-5,7-9,11-13,15H,6,10,14,16H2,(H,24,27). The summed E-state index contributed by atoms with van der Waals surface area (Å²) < 4.78 is 10.6. The van der Waals surface area contributed by atoms with E-state index in [1.165, 1.54) is 5.56 Å². The zero-order chi connectivity index (χ0) is 19.9. The molecule has 1 amide bonds. The highest BCUT2D eigenvalue weighted by molar-refractivity contribution is 5.91. The number of aryl methyl sites for hydroxylation is 1. The summed E-state index contributed by atoms with van der Waals surface area (Å²) in [7, 11) is 0. The monoisotopic (exact) mass is 387 g/mol. The van der Waals surface area contributed by atoms with Crippen LogP contribution in [0.2, 0.25) is 0 Å². The zero-order valence-corrected chi connectivity index (χ0v) is 15.9. The molecule has 0 unspecified atom stereocenters. The summed E-state index contributed by atoms with van der Waals surface area (Å²) in [5, 5.41) is 6.95. The molecule has 2 aromatic carbocycles. The largest absolute Gasteiger partial charge is 0.461 e. The number of carbonyl (C=O) groups is 1. The second-order valence-electron chi connectivity index (χ2n) is 6.71. The first-order valence-corrected chi connectivity index (χ1v) is 9.56. The Bertz CT molecular complexity index is 1060. The Morgan fingerprint density at radius 2 is 1.79 bits per heavy atom. The molecule has 29 heavy (non-hydrogen) atoms. The van der Waals surface area contributed by atoms with Crippen molar-refractivity contribution >= 4 is 11.6 Å². The van der Waals surface area contributed by atoms with Crippen LogP contribution in [0.15, 0.2) is 81.9 Å². The van der Waals surface area contributed by atoms with E-state index in [1.54, 1.807) is 18.4 Å². The van der Waals surface area contributed by atoms with Crippen molar-refractivity contribution in [2.45, 2.75) is 25.7 Å². The molecular weight excluding hydrogens is 366 g/mol. The number of rotatable bonds is 8. The molecule has 1 N–H and O–H groups in total. The number of nitrogens with zero attached hydrogens (tertiary/aromatic N) is 2. The lowest BCUT2D eigenvalue weighted by Gasteiger charge is -2.10. The number of furan rings is 1. The van der Waals surface area contributed by atoms with Crippen LogP contribution in [0, 0.1) is 0 Å². The normalized spacial score (nSPS) is 10.8. The maximum Gasteiger partial charge on any atom is 0.238 e. The molecule has 0 saturated carbocycles. The van der Waals surface area contributed by atoms with Crippen LogP contribution in [0.5, 0.6) is 0 Å². The van der Waals surface area contributed by atoms with Crippen molar-refractivity contribution in [2.24, 2.45) is 0 Å². The smallest absolute Gasteiger partial charge is 0.238 e. The first-order chi connectivity index (χ1) is 14.3. The molecule has 2 aromatic heterocycles. The molecule has 6 heteroatoms. The van der Waals surface area contributed by atoms with Gasteiger partial charge in [0, 0.05) is 12.1 Å². The van der Waals surface area contributed by atoms with E-state index in [-0.39, 0.29) is 5.91 Å². The predicted octanol–water partition coefficient (Wildman–Crippen LogP) is 4.88. The maximum absolute atomic E-state index is 12.4. The Kier molecular flexibility index (Phi) is 5.81. The Balaban J connectivity index is 1.36. The third-order valence-electron chi connectivity index (χ3n) is 4.55. The fraction of sp³-hybridized carbons (Fsp3) is 0.174. The van der Waals surface area contributed by atoms with E-state index in [9.17, 15) is 4.79 Å². The highest BCUT2D eigenvalue weighted by atomic mass is 16.5. The zero-order valence-electron chi connectivity index (χ0n) is 15.9. The van der Waals surface area contributed by atoms with Gasteiger partial charge < -0.3 is 14.3 Å². The molecule has 0 bridgehead atoms. The highest BCUT2D eigenvalue weighted by Gasteiger charge is 2.14. The van der Waals surface area contributed by atoms with Crippen LogP contribution >= 0.6 is 0 Å². The van der Waals surface area contributed by atoms with Gasteiger partial charge in [0.15, 0.2) is 5.76 Å². The van der Waals surface area contributed by atoms with E-state index in [4.69, 9.17) is 8.94 Å². The fourth-order valence-corrected chi connectivity index (χ4v) is 3.10. The fourth-order valence-electron chi connectivity index (χ4n) is 3.10. The highest BCUT2D eigenvalue weighted by Crippen LogP contribution is 2.21. The van der Waals surface area contributed by atoms with Crippen LogP contribution in [0.1, 0.15) is 29.9 Å². The van der Waals surface area contributed by atoms with Gasteiger partial charge in [-0.1, -0.05) is 53.7 Å². The number of carbonyl (C=O) groups excluding carboxylic acids is 1. The number of benzene rings is 2. The molecule has 0 atom stereocenters. The van der Waals surface area contributed by atoms with E-state index in [0.29, 0.717) is 30.3 Å². The number of anilines is 1. The van der Waals surface area contributed by atoms with Gasteiger partial charge in [0.25, 0.3) is 0 Å². The maximum atomic E-state index is 12.4. The Hall–Kier alpha value is -3.67. The summed E-state index contributed by atoms with van der Waals surface area (Å²) in [5.41, 5.74) is 2.91. The van der Waals surface area contributed by atoms with Crippen LogP contribution in [-0.4, -0.2) is 16.0 Å². The first-order valence-electron chi connectivity index (χ1n) is 9.56. The lowest BCUT2D eigenvalue weighted by atomic mass is 10.1. The minimum absolute atomic E-state index is 0.00446. The molecule has 146 valence electrons. The minimum Gasteiger partial charge on any atom is -0.461 e. The number of aromatic nitrogens is 2. The van der Waals surface area contributed by atoms with Gasteiger partial charge in [-0.2, -0.15) is 4.98 Å². The molecule has 0 fully saturated rings. The molecule has 0 saturated heterocycles. The number of nitrogens with one attached hydrogen (secondary N) is 1. The number of para-hydroxylation sites is 1. The SMILES string of the molecule is O=C(CCCc1ccccc1)Nc1ccccc1Cc1nc(-c2ccco2)no1. The van der Waals surface area contributed by atoms with Gasteiger partial charge in [-0.05, 0) is 42.2 Å². The Labute approximate surface area is 168 Å². The van der Waals surface area contributed by atoms with Crippen LogP contribution in [0.25, 0.3) is 11.6 Å². The van der Waals surface area contributed by atoms with Crippen molar-refractivity contribution in [1.29, 1.82) is 0 Å². The van der Waals surface area contributed by atoms with Crippen molar-refractivity contribution in [3.63, 3.8) is 0 Å². The van der Waals surface area contributed by atoms with Crippen molar-refractivity contribution < 1.29 is 13.7 Å². The molecule has 0 aliphatic rings. The second kappa shape index (κ2) is 9.01. The lowest BCUT2D eigenvalue weighted by molar-refractivity contribution is -0.116. The molecule has 4 aromatic rings.